The van der Waals surface area contributed by atoms with Crippen molar-refractivity contribution in [2.75, 3.05) is 25.5 Å². The highest BCUT2D eigenvalue weighted by Gasteiger charge is 2.31. The largest absolute Gasteiger partial charge is 0.573 e. The Morgan fingerprint density at radius 1 is 0.814 bits per heavy atom. The Morgan fingerprint density at radius 3 is 2.19 bits per heavy atom. The van der Waals surface area contributed by atoms with Gasteiger partial charge in [0.2, 0.25) is 0 Å². The molecule has 0 aromatic heterocycles. The summed E-state index contributed by atoms with van der Waals surface area (Å²) in [5, 5.41) is 2.88. The Balaban J connectivity index is 1.20. The third-order valence-electron chi connectivity index (χ3n) is 7.03. The maximum atomic E-state index is 13.3. The van der Waals surface area contributed by atoms with Crippen molar-refractivity contribution in [3.05, 3.63) is 108 Å². The first-order chi connectivity index (χ1) is 20.7. The molecule has 1 N–H and O–H groups in total. The van der Waals surface area contributed by atoms with Gasteiger partial charge in [0.15, 0.2) is 0 Å². The van der Waals surface area contributed by atoms with E-state index in [1.54, 1.807) is 72.7 Å². The Hall–Kier alpha value is -4.99. The average Bonchev–Trinajstić information content (AvgIpc) is 3.01. The average molecular weight is 591 g/mol. The van der Waals surface area contributed by atoms with Crippen molar-refractivity contribution >= 4 is 17.5 Å². The summed E-state index contributed by atoms with van der Waals surface area (Å²) in [4.78, 5) is 28.1. The van der Waals surface area contributed by atoms with Crippen LogP contribution in [-0.2, 0) is 0 Å². The molecule has 4 aromatic carbocycles. The molecular weight excluding hydrogens is 561 g/mol. The number of para-hydroxylation sites is 1. The number of likely N-dealkylation sites (tertiary alicyclic amines) is 1. The number of methoxy groups -OCH3 is 1. The second-order valence-electron chi connectivity index (χ2n) is 9.91. The lowest BCUT2D eigenvalue weighted by Crippen LogP contribution is -2.41. The second kappa shape index (κ2) is 12.9. The van der Waals surface area contributed by atoms with E-state index in [9.17, 15) is 22.8 Å². The zero-order chi connectivity index (χ0) is 30.4. The van der Waals surface area contributed by atoms with Crippen LogP contribution in [0.25, 0.3) is 11.1 Å². The SMILES string of the molecule is COc1ccccc1C(=O)N1CCC(Oc2cccc(NC(=O)c3ccccc3-c3ccc(OC(F)(F)F)cc3)c2)CC1. The molecule has 1 aliphatic heterocycles. The molecule has 0 unspecified atom stereocenters. The Morgan fingerprint density at radius 2 is 1.49 bits per heavy atom. The van der Waals surface area contributed by atoms with Crippen LogP contribution in [-0.4, -0.2) is 49.4 Å². The van der Waals surface area contributed by atoms with Gasteiger partial charge in [-0.05, 0) is 53.6 Å². The van der Waals surface area contributed by atoms with Crippen LogP contribution in [0.5, 0.6) is 17.2 Å². The van der Waals surface area contributed by atoms with Crippen LogP contribution >= 0.6 is 0 Å². The van der Waals surface area contributed by atoms with E-state index in [2.05, 4.69) is 10.1 Å². The summed E-state index contributed by atoms with van der Waals surface area (Å²) >= 11 is 0. The van der Waals surface area contributed by atoms with Gasteiger partial charge in [-0.25, -0.2) is 0 Å². The van der Waals surface area contributed by atoms with E-state index >= 15 is 0 Å². The lowest BCUT2D eigenvalue weighted by molar-refractivity contribution is -0.274. The van der Waals surface area contributed by atoms with Gasteiger partial charge in [-0.2, -0.15) is 0 Å². The van der Waals surface area contributed by atoms with E-state index < -0.39 is 6.36 Å². The first-order valence-corrected chi connectivity index (χ1v) is 13.7. The first-order valence-electron chi connectivity index (χ1n) is 13.7. The predicted octanol–water partition coefficient (Wildman–Crippen LogP) is 7.20. The molecule has 43 heavy (non-hydrogen) atoms. The summed E-state index contributed by atoms with van der Waals surface area (Å²) in [5.41, 5.74) is 2.52. The van der Waals surface area contributed by atoms with Crippen LogP contribution in [0.4, 0.5) is 18.9 Å². The van der Waals surface area contributed by atoms with E-state index in [-0.39, 0.29) is 23.7 Å². The van der Waals surface area contributed by atoms with E-state index in [0.29, 0.717) is 65.4 Å². The highest BCUT2D eigenvalue weighted by atomic mass is 19.4. The summed E-state index contributed by atoms with van der Waals surface area (Å²) in [6.07, 6.45) is -3.59. The molecule has 1 aliphatic rings. The topological polar surface area (TPSA) is 77.1 Å². The molecular formula is C33H29F3N2O5. The molecule has 0 saturated carbocycles. The number of alkyl halides is 3. The van der Waals surface area contributed by atoms with Gasteiger partial charge >= 0.3 is 6.36 Å². The number of hydrogen-bond donors (Lipinski definition) is 1. The minimum Gasteiger partial charge on any atom is -0.496 e. The summed E-state index contributed by atoms with van der Waals surface area (Å²) < 4.78 is 53.0. The molecule has 7 nitrogen and oxygen atoms in total. The van der Waals surface area contributed by atoms with E-state index in [4.69, 9.17) is 9.47 Å². The number of carbonyl (C=O) groups is 2. The number of amides is 2. The number of carbonyl (C=O) groups excluding carboxylic acids is 2. The van der Waals surface area contributed by atoms with Gasteiger partial charge in [-0.1, -0.05) is 48.5 Å². The highest BCUT2D eigenvalue weighted by Crippen LogP contribution is 2.30. The van der Waals surface area contributed by atoms with Crippen LogP contribution in [0.1, 0.15) is 33.6 Å². The van der Waals surface area contributed by atoms with Crippen molar-refractivity contribution < 1.29 is 37.0 Å². The van der Waals surface area contributed by atoms with Crippen molar-refractivity contribution in [3.63, 3.8) is 0 Å². The number of anilines is 1. The van der Waals surface area contributed by atoms with Gasteiger partial charge < -0.3 is 24.4 Å². The Labute approximate surface area is 246 Å². The number of ether oxygens (including phenoxy) is 3. The summed E-state index contributed by atoms with van der Waals surface area (Å²) in [5.74, 6) is 0.323. The fourth-order valence-corrected chi connectivity index (χ4v) is 4.98. The number of benzene rings is 4. The molecule has 1 fully saturated rings. The Kier molecular flexibility index (Phi) is 8.85. The van der Waals surface area contributed by atoms with Crippen LogP contribution in [0.2, 0.25) is 0 Å². The molecule has 0 atom stereocenters. The second-order valence-corrected chi connectivity index (χ2v) is 9.91. The van der Waals surface area contributed by atoms with Gasteiger partial charge in [0.05, 0.1) is 12.7 Å². The third kappa shape index (κ3) is 7.45. The quantitative estimate of drug-likeness (QED) is 0.235. The molecule has 2 amide bonds. The lowest BCUT2D eigenvalue weighted by atomic mass is 9.99. The van der Waals surface area contributed by atoms with Crippen LogP contribution in [0.3, 0.4) is 0 Å². The normalized spacial score (nSPS) is 13.7. The predicted molar refractivity (Wildman–Crippen MR) is 156 cm³/mol. The molecule has 5 rings (SSSR count). The molecule has 1 heterocycles. The van der Waals surface area contributed by atoms with Gasteiger partial charge in [0.1, 0.15) is 23.4 Å². The number of piperidine rings is 1. The van der Waals surface area contributed by atoms with Crippen molar-refractivity contribution in [1.29, 1.82) is 0 Å². The van der Waals surface area contributed by atoms with E-state index in [1.807, 2.05) is 12.1 Å². The lowest BCUT2D eigenvalue weighted by Gasteiger charge is -2.32. The first kappa shape index (κ1) is 29.5. The maximum Gasteiger partial charge on any atom is 0.573 e. The summed E-state index contributed by atoms with van der Waals surface area (Å²) in [7, 11) is 1.54. The molecule has 0 spiro atoms. The number of nitrogens with one attached hydrogen (secondary N) is 1. The van der Waals surface area contributed by atoms with E-state index in [1.165, 1.54) is 24.3 Å². The zero-order valence-electron chi connectivity index (χ0n) is 23.3. The summed E-state index contributed by atoms with van der Waals surface area (Å²) in [6, 6.07) is 26.4. The molecule has 10 heteroatoms. The fraction of sp³-hybridized carbons (Fsp3) is 0.212. The molecule has 1 saturated heterocycles. The number of hydrogen-bond acceptors (Lipinski definition) is 5. The molecule has 4 aromatic rings. The smallest absolute Gasteiger partial charge is 0.496 e. The maximum absolute atomic E-state index is 13.3. The number of halogens is 3. The van der Waals surface area contributed by atoms with Crippen molar-refractivity contribution in [2.45, 2.75) is 25.3 Å². The monoisotopic (exact) mass is 590 g/mol. The minimum absolute atomic E-state index is 0.0773. The fourth-order valence-electron chi connectivity index (χ4n) is 4.98. The van der Waals surface area contributed by atoms with Gasteiger partial charge in [0, 0.05) is 43.2 Å². The van der Waals surface area contributed by atoms with Crippen LogP contribution in [0, 0.1) is 0 Å². The van der Waals surface area contributed by atoms with Gasteiger partial charge in [-0.3, -0.25) is 9.59 Å². The van der Waals surface area contributed by atoms with Crippen molar-refractivity contribution in [3.8, 4) is 28.4 Å². The van der Waals surface area contributed by atoms with Gasteiger partial charge in [0.25, 0.3) is 11.8 Å². The van der Waals surface area contributed by atoms with E-state index in [0.717, 1.165) is 0 Å². The van der Waals surface area contributed by atoms with Crippen LogP contribution < -0.4 is 19.5 Å². The van der Waals surface area contributed by atoms with Gasteiger partial charge in [-0.15, -0.1) is 13.2 Å². The zero-order valence-corrected chi connectivity index (χ0v) is 23.3. The van der Waals surface area contributed by atoms with Crippen LogP contribution in [0.15, 0.2) is 97.1 Å². The highest BCUT2D eigenvalue weighted by molar-refractivity contribution is 6.08. The molecule has 222 valence electrons. The molecule has 0 radical (unpaired) electrons. The molecule has 0 aliphatic carbocycles. The minimum atomic E-state index is -4.79. The van der Waals surface area contributed by atoms with Crippen molar-refractivity contribution in [1.82, 2.24) is 4.90 Å². The third-order valence-corrected chi connectivity index (χ3v) is 7.03. The van der Waals surface area contributed by atoms with Crippen molar-refractivity contribution in [2.24, 2.45) is 0 Å². The molecule has 0 bridgehead atoms. The number of rotatable bonds is 8. The number of nitrogens with zero attached hydrogens (tertiary/aromatic N) is 1. The summed E-state index contributed by atoms with van der Waals surface area (Å²) in [6.45, 7) is 1.08. The standard InChI is InChI=1S/C33H29F3N2O5/c1-41-30-12-5-4-11-29(30)32(40)38-19-17-24(18-20-38)42-26-8-6-7-23(21-26)37-31(39)28-10-3-2-9-27(28)22-13-15-25(16-14-22)43-33(34,35)36/h2-16,21,24H,17-20H2,1H3,(H,37,39). The Bertz CT molecular complexity index is 1580.